The first-order valence-electron chi connectivity index (χ1n) is 10.6. The van der Waals surface area contributed by atoms with E-state index in [9.17, 15) is 16.8 Å². The van der Waals surface area contributed by atoms with Crippen LogP contribution in [0.2, 0.25) is 0 Å². The zero-order valence-electron chi connectivity index (χ0n) is 19.5. The molecule has 0 radical (unpaired) electrons. The molecule has 39 heavy (non-hydrogen) atoms. The van der Waals surface area contributed by atoms with Gasteiger partial charge in [-0.2, -0.15) is 41.8 Å². The molecule has 0 saturated carbocycles. The van der Waals surface area contributed by atoms with Crippen LogP contribution in [0.15, 0.2) is 64.6 Å². The van der Waals surface area contributed by atoms with E-state index in [0.717, 1.165) is 12.1 Å². The lowest BCUT2D eigenvalue weighted by molar-refractivity contribution is 0.439. The van der Waals surface area contributed by atoms with Gasteiger partial charge in [-0.3, -0.25) is 9.11 Å². The van der Waals surface area contributed by atoms with E-state index in [1.165, 1.54) is 42.7 Å². The Bertz CT molecular complexity index is 1670. The van der Waals surface area contributed by atoms with Gasteiger partial charge in [0.25, 0.3) is 20.2 Å². The number of nitrogens with one attached hydrogen (secondary N) is 2. The molecule has 0 aliphatic heterocycles. The van der Waals surface area contributed by atoms with Crippen LogP contribution in [-0.4, -0.2) is 68.9 Å². The number of nitrogen functional groups attached to an aromatic ring is 1. The predicted octanol–water partition coefficient (Wildman–Crippen LogP) is 1.24. The third-order valence-corrected chi connectivity index (χ3v) is 6.27. The molecule has 2 aromatic heterocycles. The lowest BCUT2D eigenvalue weighted by atomic mass is 10.3. The van der Waals surface area contributed by atoms with Crippen LogP contribution in [0.1, 0.15) is 0 Å². The van der Waals surface area contributed by atoms with Crippen LogP contribution in [0, 0.1) is 0 Å². The first kappa shape index (κ1) is 27.3. The first-order chi connectivity index (χ1) is 18.5. The summed E-state index contributed by atoms with van der Waals surface area (Å²) < 4.78 is 73.6. The molecule has 0 aliphatic rings. The van der Waals surface area contributed by atoms with Crippen molar-refractivity contribution in [3.8, 4) is 23.5 Å². The van der Waals surface area contributed by atoms with Crippen LogP contribution in [0.25, 0.3) is 0 Å². The summed E-state index contributed by atoms with van der Waals surface area (Å²) in [5, 5.41) is 5.85. The number of nitrogens with zero attached hydrogens (tertiary/aromatic N) is 6. The van der Waals surface area contributed by atoms with Gasteiger partial charge in [-0.15, -0.1) is 0 Å². The molecule has 2 heterocycles. The summed E-state index contributed by atoms with van der Waals surface area (Å²) in [6.07, 6.45) is 1.21. The Balaban J connectivity index is 1.30. The van der Waals surface area contributed by atoms with Gasteiger partial charge in [-0.25, -0.2) is 4.98 Å². The second-order valence-electron chi connectivity index (χ2n) is 7.34. The predicted molar refractivity (Wildman–Crippen MR) is 134 cm³/mol. The van der Waals surface area contributed by atoms with E-state index in [0.29, 0.717) is 6.54 Å². The van der Waals surface area contributed by atoms with Crippen molar-refractivity contribution in [1.29, 1.82) is 0 Å². The zero-order valence-corrected chi connectivity index (χ0v) is 21.2. The van der Waals surface area contributed by atoms with Crippen LogP contribution in [0.5, 0.6) is 23.5 Å². The van der Waals surface area contributed by atoms with Crippen molar-refractivity contribution in [3.05, 3.63) is 54.9 Å². The highest BCUT2D eigenvalue weighted by molar-refractivity contribution is 7.86. The molecule has 0 amide bonds. The standard InChI is InChI=1S/C20H19N9O8S2/c21-16-26-18(29-20(27-16)37-13-3-7-15(8-4-13)39(33,34)35)23-10-9-22-17-24-11-25-19(28-17)36-12-1-5-14(6-2-12)38(30,31)32/h1-8,11H,9-10H2,(H,30,31,32)(H,33,34,35)(H,22,24,25,28)(H3,21,23,26,27,29). The molecule has 0 atom stereocenters. The monoisotopic (exact) mass is 577 g/mol. The molecule has 17 nitrogen and oxygen atoms in total. The Morgan fingerprint density at radius 2 is 1.15 bits per heavy atom. The molecular formula is C20H19N9O8S2. The smallest absolute Gasteiger partial charge is 0.328 e. The highest BCUT2D eigenvalue weighted by atomic mass is 32.2. The van der Waals surface area contributed by atoms with Gasteiger partial charge in [0.05, 0.1) is 9.79 Å². The van der Waals surface area contributed by atoms with Gasteiger partial charge < -0.3 is 25.8 Å². The van der Waals surface area contributed by atoms with Gasteiger partial charge in [-0.05, 0) is 48.5 Å². The van der Waals surface area contributed by atoms with E-state index in [2.05, 4.69) is 40.5 Å². The second-order valence-corrected chi connectivity index (χ2v) is 10.2. The van der Waals surface area contributed by atoms with Gasteiger partial charge in [0.1, 0.15) is 17.8 Å². The molecule has 0 aliphatic carbocycles. The summed E-state index contributed by atoms with van der Waals surface area (Å²) in [4.78, 5) is 23.3. The summed E-state index contributed by atoms with van der Waals surface area (Å²) in [6, 6.07) is 9.70. The maximum Gasteiger partial charge on any atom is 0.328 e. The Hall–Kier alpha value is -4.72. The minimum Gasteiger partial charge on any atom is -0.424 e. The fraction of sp³-hybridized carbons (Fsp3) is 0.100. The van der Waals surface area contributed by atoms with Crippen molar-refractivity contribution < 1.29 is 35.4 Å². The maximum atomic E-state index is 11.1. The topological polar surface area (TPSA) is 255 Å². The van der Waals surface area contributed by atoms with Gasteiger partial charge in [0.2, 0.25) is 17.8 Å². The summed E-state index contributed by atoms with van der Waals surface area (Å²) in [7, 11) is -8.66. The van der Waals surface area contributed by atoms with E-state index in [-0.39, 0.29) is 57.7 Å². The van der Waals surface area contributed by atoms with Crippen LogP contribution >= 0.6 is 0 Å². The average Bonchev–Trinajstić information content (AvgIpc) is 2.86. The normalized spacial score (nSPS) is 11.5. The number of rotatable bonds is 11. The van der Waals surface area contributed by atoms with Crippen molar-refractivity contribution in [2.45, 2.75) is 9.79 Å². The largest absolute Gasteiger partial charge is 0.424 e. The van der Waals surface area contributed by atoms with E-state index in [4.69, 9.17) is 24.3 Å². The summed E-state index contributed by atoms with van der Waals surface area (Å²) >= 11 is 0. The fourth-order valence-corrected chi connectivity index (χ4v) is 3.79. The van der Waals surface area contributed by atoms with E-state index in [1.54, 1.807) is 0 Å². The summed E-state index contributed by atoms with van der Waals surface area (Å²) in [5.74, 6) is 0.587. The zero-order chi connectivity index (χ0) is 28.0. The Labute approximate surface area is 221 Å². The fourth-order valence-electron chi connectivity index (χ4n) is 2.83. The molecule has 0 unspecified atom stereocenters. The molecule has 0 bridgehead atoms. The SMILES string of the molecule is Nc1nc(NCCNc2ncnc(Oc3ccc(S(=O)(=O)O)cc3)n2)nc(Oc2ccc(S(=O)(=O)O)cc2)n1. The molecule has 2 aromatic carbocycles. The van der Waals surface area contributed by atoms with Gasteiger partial charge >= 0.3 is 12.0 Å². The van der Waals surface area contributed by atoms with Crippen molar-refractivity contribution >= 4 is 38.1 Å². The van der Waals surface area contributed by atoms with Gasteiger partial charge in [-0.1, -0.05) is 0 Å². The molecule has 0 spiro atoms. The number of nitrogens with two attached hydrogens (primary N) is 1. The number of ether oxygens (including phenoxy) is 2. The number of benzene rings is 2. The molecule has 4 rings (SSSR count). The molecular weight excluding hydrogens is 558 g/mol. The number of hydrogen-bond donors (Lipinski definition) is 5. The molecule has 19 heteroatoms. The highest BCUT2D eigenvalue weighted by Gasteiger charge is 2.12. The average molecular weight is 578 g/mol. The van der Waals surface area contributed by atoms with Gasteiger partial charge in [0, 0.05) is 13.1 Å². The first-order valence-corrected chi connectivity index (χ1v) is 13.5. The Morgan fingerprint density at radius 1 is 0.667 bits per heavy atom. The van der Waals surface area contributed by atoms with Crippen molar-refractivity contribution in [2.24, 2.45) is 0 Å². The van der Waals surface area contributed by atoms with Crippen LogP contribution in [0.3, 0.4) is 0 Å². The number of hydrogen-bond acceptors (Lipinski definition) is 15. The molecule has 204 valence electrons. The van der Waals surface area contributed by atoms with Crippen LogP contribution in [0.4, 0.5) is 17.8 Å². The van der Waals surface area contributed by atoms with Crippen molar-refractivity contribution in [2.75, 3.05) is 29.5 Å². The van der Waals surface area contributed by atoms with Gasteiger partial charge in [0.15, 0.2) is 0 Å². The van der Waals surface area contributed by atoms with Crippen LogP contribution in [-0.2, 0) is 20.2 Å². The van der Waals surface area contributed by atoms with Crippen LogP contribution < -0.4 is 25.8 Å². The second kappa shape index (κ2) is 11.3. The Morgan fingerprint density at radius 3 is 1.69 bits per heavy atom. The molecule has 0 saturated heterocycles. The van der Waals surface area contributed by atoms with E-state index < -0.39 is 20.2 Å². The molecule has 6 N–H and O–H groups in total. The minimum absolute atomic E-state index is 0.0586. The lowest BCUT2D eigenvalue weighted by Crippen LogP contribution is -2.17. The number of aromatic nitrogens is 6. The Kier molecular flexibility index (Phi) is 7.95. The van der Waals surface area contributed by atoms with Crippen molar-refractivity contribution in [3.63, 3.8) is 0 Å². The van der Waals surface area contributed by atoms with Crippen molar-refractivity contribution in [1.82, 2.24) is 29.9 Å². The summed E-state index contributed by atoms with van der Waals surface area (Å²) in [6.45, 7) is 0.580. The molecule has 4 aromatic rings. The maximum absolute atomic E-state index is 11.1. The van der Waals surface area contributed by atoms with E-state index >= 15 is 0 Å². The highest BCUT2D eigenvalue weighted by Crippen LogP contribution is 2.22. The lowest BCUT2D eigenvalue weighted by Gasteiger charge is -2.09. The van der Waals surface area contributed by atoms with E-state index in [1.807, 2.05) is 0 Å². The minimum atomic E-state index is -4.34. The third kappa shape index (κ3) is 7.88. The number of anilines is 3. The summed E-state index contributed by atoms with van der Waals surface area (Å²) in [5.41, 5.74) is 5.71. The molecule has 0 fully saturated rings. The third-order valence-electron chi connectivity index (χ3n) is 4.53. The quantitative estimate of drug-likeness (QED) is 0.124.